The van der Waals surface area contributed by atoms with E-state index < -0.39 is 11.7 Å². The largest absolute Gasteiger partial charge is 0.381 e. The van der Waals surface area contributed by atoms with Crippen molar-refractivity contribution < 1.29 is 13.9 Å². The number of imidazole rings is 1. The molecule has 2 aliphatic heterocycles. The molecule has 1 amide bonds. The summed E-state index contributed by atoms with van der Waals surface area (Å²) in [5, 5.41) is 0. The number of carbonyl (C=O) groups excluding carboxylic acids is 1. The number of anilines is 1. The van der Waals surface area contributed by atoms with E-state index in [9.17, 15) is 9.59 Å². The fourth-order valence-electron chi connectivity index (χ4n) is 5.19. The number of benzene rings is 1. The van der Waals surface area contributed by atoms with Gasteiger partial charge in [-0.1, -0.05) is 6.07 Å². The Bertz CT molecular complexity index is 1530. The predicted molar refractivity (Wildman–Crippen MR) is 125 cm³/mol. The summed E-state index contributed by atoms with van der Waals surface area (Å²) in [6.45, 7) is 3.64. The van der Waals surface area contributed by atoms with Crippen molar-refractivity contribution in [2.75, 3.05) is 24.7 Å². The first-order chi connectivity index (χ1) is 16.4. The van der Waals surface area contributed by atoms with E-state index >= 15 is 4.39 Å². The first kappa shape index (κ1) is 21.0. The second-order valence-electron chi connectivity index (χ2n) is 9.11. The summed E-state index contributed by atoms with van der Waals surface area (Å²) in [5.41, 5.74) is 3.05. The van der Waals surface area contributed by atoms with Crippen LogP contribution in [0.15, 0.2) is 35.4 Å². The van der Waals surface area contributed by atoms with Gasteiger partial charge in [0, 0.05) is 45.0 Å². The molecular formula is C25H24FN5O3. The van der Waals surface area contributed by atoms with Crippen LogP contribution in [0.3, 0.4) is 0 Å². The van der Waals surface area contributed by atoms with E-state index in [0.717, 1.165) is 29.8 Å². The highest BCUT2D eigenvalue weighted by Gasteiger charge is 2.30. The molecular weight excluding hydrogens is 437 g/mol. The molecule has 0 radical (unpaired) electrons. The molecule has 6 rings (SSSR count). The number of aryl methyl sites for hydroxylation is 2. The predicted octanol–water partition coefficient (Wildman–Crippen LogP) is 3.13. The third-order valence-corrected chi connectivity index (χ3v) is 6.98. The van der Waals surface area contributed by atoms with Gasteiger partial charge in [-0.25, -0.2) is 14.4 Å². The molecule has 4 aromatic rings. The number of aromatic nitrogens is 4. The van der Waals surface area contributed by atoms with Crippen LogP contribution >= 0.6 is 0 Å². The summed E-state index contributed by atoms with van der Waals surface area (Å²) in [4.78, 5) is 37.0. The number of nitrogens with zero attached hydrogens (tertiary/aromatic N) is 5. The maximum atomic E-state index is 15.5. The first-order valence-corrected chi connectivity index (χ1v) is 11.5. The lowest BCUT2D eigenvalue weighted by Crippen LogP contribution is -2.30. The van der Waals surface area contributed by atoms with E-state index in [-0.39, 0.29) is 17.0 Å². The van der Waals surface area contributed by atoms with Crippen LogP contribution in [0.1, 0.15) is 46.1 Å². The Morgan fingerprint density at radius 3 is 2.68 bits per heavy atom. The lowest BCUT2D eigenvalue weighted by Gasteiger charge is -2.22. The maximum absolute atomic E-state index is 15.5. The summed E-state index contributed by atoms with van der Waals surface area (Å²) < 4.78 is 24.2. The molecule has 0 spiro atoms. The van der Waals surface area contributed by atoms with Gasteiger partial charge in [-0.2, -0.15) is 0 Å². The van der Waals surface area contributed by atoms with Crippen LogP contribution in [0.4, 0.5) is 10.2 Å². The van der Waals surface area contributed by atoms with Crippen molar-refractivity contribution in [3.05, 3.63) is 69.3 Å². The van der Waals surface area contributed by atoms with Gasteiger partial charge >= 0.3 is 0 Å². The summed E-state index contributed by atoms with van der Waals surface area (Å²) in [5.74, 6) is 0.317. The van der Waals surface area contributed by atoms with E-state index in [2.05, 4.69) is 9.97 Å². The number of hydrogen-bond donors (Lipinski definition) is 0. The molecule has 34 heavy (non-hydrogen) atoms. The number of halogens is 1. The molecule has 0 atom stereocenters. The quantitative estimate of drug-likeness (QED) is 0.458. The van der Waals surface area contributed by atoms with Crippen molar-refractivity contribution in [3.8, 4) is 0 Å². The number of rotatable bonds is 2. The maximum Gasteiger partial charge on any atom is 0.276 e. The van der Waals surface area contributed by atoms with Crippen molar-refractivity contribution in [2.24, 2.45) is 7.05 Å². The minimum Gasteiger partial charge on any atom is -0.381 e. The molecule has 3 aromatic heterocycles. The highest BCUT2D eigenvalue weighted by atomic mass is 19.1. The van der Waals surface area contributed by atoms with Crippen LogP contribution in [-0.4, -0.2) is 44.6 Å². The summed E-state index contributed by atoms with van der Waals surface area (Å²) in [6.07, 6.45) is 5.51. The molecule has 1 aromatic carbocycles. The van der Waals surface area contributed by atoms with E-state index in [4.69, 9.17) is 4.74 Å². The normalized spacial score (nSPS) is 16.5. The van der Waals surface area contributed by atoms with Crippen molar-refractivity contribution in [3.63, 3.8) is 0 Å². The Labute approximate surface area is 194 Å². The Balaban J connectivity index is 1.51. The molecule has 0 aliphatic carbocycles. The Hall–Kier alpha value is -3.59. The third kappa shape index (κ3) is 3.07. The van der Waals surface area contributed by atoms with Crippen molar-refractivity contribution in [1.82, 2.24) is 18.9 Å². The number of hydrogen-bond acceptors (Lipinski definition) is 5. The van der Waals surface area contributed by atoms with Crippen LogP contribution in [0.5, 0.6) is 0 Å². The number of fused-ring (bicyclic) bond motifs is 4. The molecule has 0 bridgehead atoms. The van der Waals surface area contributed by atoms with Gasteiger partial charge in [-0.05, 0) is 43.4 Å². The number of pyridine rings is 1. The highest BCUT2D eigenvalue weighted by molar-refractivity contribution is 6.08. The van der Waals surface area contributed by atoms with E-state index in [1.165, 1.54) is 21.6 Å². The standard InChI is InChI=1S/C25H24FN5O3/c1-14-9-16-3-6-30(22(16)27-12-14)24(32)17-10-19-20(11-18(17)26)31-21(25(33)29(19)2)13-28-23(31)15-4-7-34-8-5-15/h9-13,15H,3-8H2,1-2H3. The fourth-order valence-corrected chi connectivity index (χ4v) is 5.19. The Morgan fingerprint density at radius 2 is 1.88 bits per heavy atom. The van der Waals surface area contributed by atoms with Crippen molar-refractivity contribution in [1.29, 1.82) is 0 Å². The number of amides is 1. The van der Waals surface area contributed by atoms with Crippen LogP contribution in [0.25, 0.3) is 16.6 Å². The first-order valence-electron chi connectivity index (χ1n) is 11.5. The second-order valence-corrected chi connectivity index (χ2v) is 9.11. The number of ether oxygens (including phenoxy) is 1. The van der Waals surface area contributed by atoms with Crippen LogP contribution in [-0.2, 0) is 18.2 Å². The minimum absolute atomic E-state index is 0.0789. The molecule has 1 saturated heterocycles. The molecule has 9 heteroatoms. The van der Waals surface area contributed by atoms with Crippen molar-refractivity contribution in [2.45, 2.75) is 32.1 Å². The topological polar surface area (TPSA) is 81.7 Å². The average Bonchev–Trinajstić information content (AvgIpc) is 3.47. The molecule has 8 nitrogen and oxygen atoms in total. The van der Waals surface area contributed by atoms with Gasteiger partial charge in [-0.3, -0.25) is 18.9 Å². The third-order valence-electron chi connectivity index (χ3n) is 6.98. The fraction of sp³-hybridized carbons (Fsp3) is 0.360. The van der Waals surface area contributed by atoms with Gasteiger partial charge in [0.1, 0.15) is 23.0 Å². The van der Waals surface area contributed by atoms with Gasteiger partial charge in [0.25, 0.3) is 11.5 Å². The van der Waals surface area contributed by atoms with E-state index in [1.807, 2.05) is 13.0 Å². The monoisotopic (exact) mass is 461 g/mol. The molecule has 2 aliphatic rings. The lowest BCUT2D eigenvalue weighted by molar-refractivity contribution is 0.0835. The lowest BCUT2D eigenvalue weighted by atomic mass is 9.99. The van der Waals surface area contributed by atoms with E-state index in [1.54, 1.807) is 23.8 Å². The molecule has 0 unspecified atom stereocenters. The number of carbonyl (C=O) groups is 1. The summed E-state index contributed by atoms with van der Waals surface area (Å²) in [7, 11) is 1.63. The molecule has 1 fully saturated rings. The van der Waals surface area contributed by atoms with Gasteiger partial charge in [-0.15, -0.1) is 0 Å². The van der Waals surface area contributed by atoms with Crippen molar-refractivity contribution >= 4 is 28.3 Å². The van der Waals surface area contributed by atoms with Crippen LogP contribution in [0.2, 0.25) is 0 Å². The summed E-state index contributed by atoms with van der Waals surface area (Å²) >= 11 is 0. The zero-order valence-corrected chi connectivity index (χ0v) is 19.0. The Kier molecular flexibility index (Phi) is 4.77. The summed E-state index contributed by atoms with van der Waals surface area (Å²) in [6, 6.07) is 4.83. The van der Waals surface area contributed by atoms with E-state index in [0.29, 0.717) is 48.5 Å². The Morgan fingerprint density at radius 1 is 1.09 bits per heavy atom. The van der Waals surface area contributed by atoms with Gasteiger partial charge in [0.15, 0.2) is 0 Å². The SMILES string of the molecule is Cc1cnc2c(c1)CCN2C(=O)c1cc2c(cc1F)n1c(C3CCOCC3)ncc1c(=O)n2C. The second kappa shape index (κ2) is 7.73. The smallest absolute Gasteiger partial charge is 0.276 e. The molecule has 174 valence electrons. The molecule has 5 heterocycles. The van der Waals surface area contributed by atoms with Crippen LogP contribution in [0, 0.1) is 12.7 Å². The minimum atomic E-state index is -0.635. The molecule has 0 N–H and O–H groups in total. The average molecular weight is 461 g/mol. The zero-order valence-electron chi connectivity index (χ0n) is 19.0. The molecule has 0 saturated carbocycles. The van der Waals surface area contributed by atoms with Gasteiger partial charge in [0.05, 0.1) is 22.8 Å². The zero-order chi connectivity index (χ0) is 23.6. The highest BCUT2D eigenvalue weighted by Crippen LogP contribution is 2.31. The van der Waals surface area contributed by atoms with Crippen LogP contribution < -0.4 is 10.5 Å². The van der Waals surface area contributed by atoms with Gasteiger partial charge < -0.3 is 9.30 Å². The van der Waals surface area contributed by atoms with Gasteiger partial charge in [0.2, 0.25) is 0 Å².